The van der Waals surface area contributed by atoms with Gasteiger partial charge in [-0.25, -0.2) is 0 Å². The van der Waals surface area contributed by atoms with Gasteiger partial charge in [-0.05, 0) is 36.8 Å². The number of nitrogens with zero attached hydrogens (tertiary/aromatic N) is 1. The fraction of sp³-hybridized carbons (Fsp3) is 0.333. The summed E-state index contributed by atoms with van der Waals surface area (Å²) in [5.74, 6) is 0. The maximum atomic E-state index is 2.30. The molecule has 0 unspecified atom stereocenters. The molecule has 0 aromatic heterocycles. The van der Waals surface area contributed by atoms with Crippen LogP contribution in [0.3, 0.4) is 0 Å². The summed E-state index contributed by atoms with van der Waals surface area (Å²) in [6.45, 7) is 3.23. The van der Waals surface area contributed by atoms with E-state index in [2.05, 4.69) is 49.4 Å². The van der Waals surface area contributed by atoms with Gasteiger partial charge in [0.1, 0.15) is 0 Å². The van der Waals surface area contributed by atoms with Gasteiger partial charge in [0.15, 0.2) is 0 Å². The van der Waals surface area contributed by atoms with Crippen molar-refractivity contribution in [3.8, 4) is 0 Å². The minimum absolute atomic E-state index is 1.05. The third-order valence-corrected chi connectivity index (χ3v) is 2.41. The number of allylic oxidation sites excluding steroid dienone is 5. The van der Waals surface area contributed by atoms with Crippen molar-refractivity contribution in [1.29, 1.82) is 0 Å². The van der Waals surface area contributed by atoms with Crippen molar-refractivity contribution in [2.24, 2.45) is 0 Å². The Morgan fingerprint density at radius 3 is 2.77 bits per heavy atom. The molecule has 0 atom stereocenters. The SMILES string of the molecule is CC1=CC=C(/C=C2\C=CN(C)C2)C1. The summed E-state index contributed by atoms with van der Waals surface area (Å²) in [7, 11) is 2.10. The molecule has 68 valence electrons. The molecule has 2 rings (SSSR count). The number of likely N-dealkylation sites (N-methyl/N-ethyl adjacent to an activating group) is 1. The van der Waals surface area contributed by atoms with E-state index in [1.165, 1.54) is 16.7 Å². The van der Waals surface area contributed by atoms with Crippen LogP contribution in [0, 0.1) is 0 Å². The highest BCUT2D eigenvalue weighted by molar-refractivity contribution is 5.41. The Hall–Kier alpha value is -1.24. The van der Waals surface area contributed by atoms with Gasteiger partial charge >= 0.3 is 0 Å². The van der Waals surface area contributed by atoms with E-state index in [0.29, 0.717) is 0 Å². The summed E-state index contributed by atoms with van der Waals surface area (Å²) in [6.07, 6.45) is 12.2. The minimum Gasteiger partial charge on any atom is -0.376 e. The maximum absolute atomic E-state index is 2.30. The van der Waals surface area contributed by atoms with Crippen molar-refractivity contribution in [2.45, 2.75) is 13.3 Å². The molecule has 1 heterocycles. The van der Waals surface area contributed by atoms with Crippen molar-refractivity contribution in [3.63, 3.8) is 0 Å². The van der Waals surface area contributed by atoms with Gasteiger partial charge < -0.3 is 4.90 Å². The summed E-state index contributed by atoms with van der Waals surface area (Å²) in [4.78, 5) is 2.20. The summed E-state index contributed by atoms with van der Waals surface area (Å²) in [5.41, 5.74) is 4.31. The standard InChI is InChI=1S/C12H15N/c1-10-3-4-11(7-10)8-12-5-6-13(2)9-12/h3-6,8H,7,9H2,1-2H3/b12-8+. The Kier molecular flexibility index (Phi) is 2.09. The van der Waals surface area contributed by atoms with Crippen LogP contribution in [0.25, 0.3) is 0 Å². The highest BCUT2D eigenvalue weighted by Crippen LogP contribution is 2.22. The Labute approximate surface area is 79.7 Å². The van der Waals surface area contributed by atoms with Gasteiger partial charge in [0.2, 0.25) is 0 Å². The summed E-state index contributed by atoms with van der Waals surface area (Å²) < 4.78 is 0. The lowest BCUT2D eigenvalue weighted by Gasteiger charge is -2.05. The summed E-state index contributed by atoms with van der Waals surface area (Å²) in [5, 5.41) is 0. The Balaban J connectivity index is 2.03. The first-order valence-electron chi connectivity index (χ1n) is 4.69. The number of rotatable bonds is 1. The molecule has 0 aromatic carbocycles. The molecule has 1 nitrogen and oxygen atoms in total. The molecule has 0 radical (unpaired) electrons. The van der Waals surface area contributed by atoms with E-state index in [0.717, 1.165) is 13.0 Å². The van der Waals surface area contributed by atoms with Crippen LogP contribution >= 0.6 is 0 Å². The van der Waals surface area contributed by atoms with Crippen molar-refractivity contribution in [2.75, 3.05) is 13.6 Å². The van der Waals surface area contributed by atoms with E-state index in [1.54, 1.807) is 0 Å². The molecule has 1 aliphatic carbocycles. The van der Waals surface area contributed by atoms with Gasteiger partial charge in [0.05, 0.1) is 0 Å². The Morgan fingerprint density at radius 2 is 2.23 bits per heavy atom. The first-order chi connectivity index (χ1) is 6.24. The van der Waals surface area contributed by atoms with Gasteiger partial charge in [-0.3, -0.25) is 0 Å². The van der Waals surface area contributed by atoms with Crippen LogP contribution in [0.1, 0.15) is 13.3 Å². The van der Waals surface area contributed by atoms with Gasteiger partial charge in [-0.15, -0.1) is 0 Å². The van der Waals surface area contributed by atoms with Crippen LogP contribution < -0.4 is 0 Å². The molecule has 13 heavy (non-hydrogen) atoms. The van der Waals surface area contributed by atoms with Crippen molar-refractivity contribution in [3.05, 3.63) is 47.2 Å². The lowest BCUT2D eigenvalue weighted by Crippen LogP contribution is -2.06. The predicted molar refractivity (Wildman–Crippen MR) is 56.3 cm³/mol. The molecule has 2 aliphatic rings. The van der Waals surface area contributed by atoms with Crippen LogP contribution in [0.4, 0.5) is 0 Å². The molecular formula is C12H15N. The first kappa shape index (κ1) is 8.36. The normalized spacial score (nSPS) is 24.2. The topological polar surface area (TPSA) is 3.24 Å². The average molecular weight is 173 g/mol. The van der Waals surface area contributed by atoms with E-state index in [9.17, 15) is 0 Å². The zero-order chi connectivity index (χ0) is 9.26. The smallest absolute Gasteiger partial charge is 0.0421 e. The fourth-order valence-corrected chi connectivity index (χ4v) is 1.74. The third kappa shape index (κ3) is 1.92. The second-order valence-corrected chi connectivity index (χ2v) is 3.88. The van der Waals surface area contributed by atoms with Crippen molar-refractivity contribution < 1.29 is 0 Å². The van der Waals surface area contributed by atoms with E-state index in [1.807, 2.05) is 0 Å². The minimum atomic E-state index is 1.05. The van der Waals surface area contributed by atoms with Crippen LogP contribution in [-0.2, 0) is 0 Å². The average Bonchev–Trinajstić information content (AvgIpc) is 2.62. The van der Waals surface area contributed by atoms with Gasteiger partial charge in [0.25, 0.3) is 0 Å². The largest absolute Gasteiger partial charge is 0.376 e. The molecule has 1 heteroatoms. The molecule has 0 amide bonds. The molecule has 1 aliphatic heterocycles. The quantitative estimate of drug-likeness (QED) is 0.589. The van der Waals surface area contributed by atoms with Gasteiger partial charge in [-0.2, -0.15) is 0 Å². The number of hydrogen-bond acceptors (Lipinski definition) is 1. The van der Waals surface area contributed by atoms with Gasteiger partial charge in [-0.1, -0.05) is 23.8 Å². The second kappa shape index (κ2) is 3.25. The monoisotopic (exact) mass is 173 g/mol. The lowest BCUT2D eigenvalue weighted by molar-refractivity contribution is 0.523. The molecular weight excluding hydrogens is 158 g/mol. The van der Waals surface area contributed by atoms with E-state index in [4.69, 9.17) is 0 Å². The van der Waals surface area contributed by atoms with Crippen molar-refractivity contribution in [1.82, 2.24) is 4.90 Å². The molecule has 0 saturated heterocycles. The van der Waals surface area contributed by atoms with Crippen LogP contribution in [0.5, 0.6) is 0 Å². The highest BCUT2D eigenvalue weighted by atomic mass is 15.1. The van der Waals surface area contributed by atoms with Crippen LogP contribution in [0.2, 0.25) is 0 Å². The number of hydrogen-bond donors (Lipinski definition) is 0. The summed E-state index contributed by atoms with van der Waals surface area (Å²) >= 11 is 0. The van der Waals surface area contributed by atoms with Gasteiger partial charge in [0, 0.05) is 13.6 Å². The first-order valence-corrected chi connectivity index (χ1v) is 4.69. The van der Waals surface area contributed by atoms with E-state index in [-0.39, 0.29) is 0 Å². The molecule has 0 N–H and O–H groups in total. The predicted octanol–water partition coefficient (Wildman–Crippen LogP) is 2.65. The third-order valence-electron chi connectivity index (χ3n) is 2.41. The molecule has 0 spiro atoms. The molecule has 0 saturated carbocycles. The lowest BCUT2D eigenvalue weighted by atomic mass is 10.1. The fourth-order valence-electron chi connectivity index (χ4n) is 1.74. The second-order valence-electron chi connectivity index (χ2n) is 3.88. The highest BCUT2D eigenvalue weighted by Gasteiger charge is 2.07. The molecule has 0 bridgehead atoms. The summed E-state index contributed by atoms with van der Waals surface area (Å²) in [6, 6.07) is 0. The van der Waals surface area contributed by atoms with Crippen molar-refractivity contribution >= 4 is 0 Å². The zero-order valence-corrected chi connectivity index (χ0v) is 8.25. The van der Waals surface area contributed by atoms with Crippen LogP contribution in [0.15, 0.2) is 47.2 Å². The maximum Gasteiger partial charge on any atom is 0.0421 e. The van der Waals surface area contributed by atoms with Crippen LogP contribution in [-0.4, -0.2) is 18.5 Å². The van der Waals surface area contributed by atoms with E-state index < -0.39 is 0 Å². The molecule has 0 aromatic rings. The zero-order valence-electron chi connectivity index (χ0n) is 8.25. The molecule has 0 fully saturated rings. The Bertz CT molecular complexity index is 329. The van der Waals surface area contributed by atoms with E-state index >= 15 is 0 Å². The Morgan fingerprint density at radius 1 is 1.38 bits per heavy atom.